The summed E-state index contributed by atoms with van der Waals surface area (Å²) in [4.78, 5) is 15.6. The summed E-state index contributed by atoms with van der Waals surface area (Å²) in [5, 5.41) is 0. The SMILES string of the molecule is COC(=O)c1cnc(OC)c(-c2ccccc2)c1. The second-order valence-electron chi connectivity index (χ2n) is 3.64. The van der Waals surface area contributed by atoms with Crippen LogP contribution in [0.5, 0.6) is 5.88 Å². The van der Waals surface area contributed by atoms with Crippen molar-refractivity contribution in [3.63, 3.8) is 0 Å². The van der Waals surface area contributed by atoms with Crippen LogP contribution in [0.25, 0.3) is 11.1 Å². The molecule has 0 amide bonds. The third-order valence-electron chi connectivity index (χ3n) is 2.55. The first kappa shape index (κ1) is 12.1. The highest BCUT2D eigenvalue weighted by Gasteiger charge is 2.12. The molecule has 92 valence electrons. The van der Waals surface area contributed by atoms with Crippen molar-refractivity contribution in [1.29, 1.82) is 0 Å². The number of carbonyl (C=O) groups excluding carboxylic acids is 1. The fourth-order valence-corrected chi connectivity index (χ4v) is 1.67. The molecule has 2 rings (SSSR count). The highest BCUT2D eigenvalue weighted by Crippen LogP contribution is 2.28. The minimum Gasteiger partial charge on any atom is -0.481 e. The number of carbonyl (C=O) groups is 1. The number of aromatic nitrogens is 1. The molecule has 0 saturated heterocycles. The third-order valence-corrected chi connectivity index (χ3v) is 2.55. The molecule has 4 heteroatoms. The Morgan fingerprint density at radius 2 is 1.89 bits per heavy atom. The summed E-state index contributed by atoms with van der Waals surface area (Å²) < 4.78 is 9.89. The monoisotopic (exact) mass is 243 g/mol. The van der Waals surface area contributed by atoms with Crippen LogP contribution in [-0.2, 0) is 4.74 Å². The van der Waals surface area contributed by atoms with E-state index < -0.39 is 5.97 Å². The Morgan fingerprint density at radius 3 is 2.50 bits per heavy atom. The summed E-state index contributed by atoms with van der Waals surface area (Å²) in [6, 6.07) is 11.3. The predicted molar refractivity (Wildman–Crippen MR) is 67.6 cm³/mol. The molecule has 0 unspecified atom stereocenters. The average Bonchev–Trinajstić information content (AvgIpc) is 2.46. The number of esters is 1. The Kier molecular flexibility index (Phi) is 3.57. The van der Waals surface area contributed by atoms with Crippen LogP contribution < -0.4 is 4.74 Å². The fourth-order valence-electron chi connectivity index (χ4n) is 1.67. The van der Waals surface area contributed by atoms with Crippen LogP contribution >= 0.6 is 0 Å². The van der Waals surface area contributed by atoms with Gasteiger partial charge in [0.15, 0.2) is 0 Å². The van der Waals surface area contributed by atoms with Gasteiger partial charge in [-0.2, -0.15) is 0 Å². The molecule has 1 heterocycles. The molecular weight excluding hydrogens is 230 g/mol. The predicted octanol–water partition coefficient (Wildman–Crippen LogP) is 2.54. The zero-order valence-corrected chi connectivity index (χ0v) is 10.2. The maximum atomic E-state index is 11.5. The van der Waals surface area contributed by atoms with Crippen molar-refractivity contribution in [2.45, 2.75) is 0 Å². The van der Waals surface area contributed by atoms with E-state index in [0.717, 1.165) is 11.1 Å². The van der Waals surface area contributed by atoms with Crippen LogP contribution in [0, 0.1) is 0 Å². The lowest BCUT2D eigenvalue weighted by atomic mass is 10.1. The Labute approximate surface area is 105 Å². The van der Waals surface area contributed by atoms with Crippen molar-refractivity contribution in [2.75, 3.05) is 14.2 Å². The first-order valence-electron chi connectivity index (χ1n) is 5.44. The summed E-state index contributed by atoms with van der Waals surface area (Å²) in [6.07, 6.45) is 1.44. The van der Waals surface area contributed by atoms with Crippen molar-refractivity contribution in [3.8, 4) is 17.0 Å². The smallest absolute Gasteiger partial charge is 0.339 e. The van der Waals surface area contributed by atoms with E-state index >= 15 is 0 Å². The van der Waals surface area contributed by atoms with Crippen LogP contribution in [0.1, 0.15) is 10.4 Å². The molecule has 0 radical (unpaired) electrons. The summed E-state index contributed by atoms with van der Waals surface area (Å²) in [5.41, 5.74) is 2.10. The van der Waals surface area contributed by atoms with Gasteiger partial charge in [0.05, 0.1) is 19.8 Å². The molecule has 0 aliphatic carbocycles. The van der Waals surface area contributed by atoms with Crippen LogP contribution in [0.15, 0.2) is 42.6 Å². The van der Waals surface area contributed by atoms with Crippen molar-refractivity contribution in [3.05, 3.63) is 48.2 Å². The molecule has 0 saturated carbocycles. The second kappa shape index (κ2) is 5.31. The van der Waals surface area contributed by atoms with Crippen LogP contribution in [0.3, 0.4) is 0 Å². The maximum absolute atomic E-state index is 11.5. The first-order chi connectivity index (χ1) is 8.76. The largest absolute Gasteiger partial charge is 0.481 e. The summed E-state index contributed by atoms with van der Waals surface area (Å²) in [6.45, 7) is 0. The lowest BCUT2D eigenvalue weighted by Gasteiger charge is -2.09. The topological polar surface area (TPSA) is 48.4 Å². The number of pyridine rings is 1. The van der Waals surface area contributed by atoms with Gasteiger partial charge in [-0.15, -0.1) is 0 Å². The normalized spacial score (nSPS) is 9.89. The van der Waals surface area contributed by atoms with Gasteiger partial charge in [0.2, 0.25) is 5.88 Å². The molecule has 0 fully saturated rings. The number of hydrogen-bond acceptors (Lipinski definition) is 4. The van der Waals surface area contributed by atoms with E-state index in [0.29, 0.717) is 11.4 Å². The zero-order valence-electron chi connectivity index (χ0n) is 10.2. The number of nitrogens with zero attached hydrogens (tertiary/aromatic N) is 1. The van der Waals surface area contributed by atoms with Gasteiger partial charge >= 0.3 is 5.97 Å². The van der Waals surface area contributed by atoms with E-state index in [2.05, 4.69) is 9.72 Å². The average molecular weight is 243 g/mol. The third kappa shape index (κ3) is 2.32. The van der Waals surface area contributed by atoms with E-state index in [4.69, 9.17) is 4.74 Å². The minimum absolute atomic E-state index is 0.400. The quantitative estimate of drug-likeness (QED) is 0.777. The van der Waals surface area contributed by atoms with E-state index in [1.165, 1.54) is 13.3 Å². The van der Waals surface area contributed by atoms with Gasteiger partial charge in [-0.25, -0.2) is 9.78 Å². The molecule has 0 N–H and O–H groups in total. The molecular formula is C14H13NO3. The Hall–Kier alpha value is -2.36. The maximum Gasteiger partial charge on any atom is 0.339 e. The van der Waals surface area contributed by atoms with Gasteiger partial charge in [-0.3, -0.25) is 0 Å². The van der Waals surface area contributed by atoms with Gasteiger partial charge in [-0.05, 0) is 11.6 Å². The van der Waals surface area contributed by atoms with E-state index in [1.807, 2.05) is 30.3 Å². The fraction of sp³-hybridized carbons (Fsp3) is 0.143. The molecule has 0 aliphatic heterocycles. The van der Waals surface area contributed by atoms with Gasteiger partial charge < -0.3 is 9.47 Å². The number of methoxy groups -OCH3 is 2. The first-order valence-corrected chi connectivity index (χ1v) is 5.44. The molecule has 1 aromatic heterocycles. The van der Waals surface area contributed by atoms with Crippen LogP contribution in [0.4, 0.5) is 0 Å². The van der Waals surface area contributed by atoms with Crippen molar-refractivity contribution < 1.29 is 14.3 Å². The molecule has 4 nitrogen and oxygen atoms in total. The van der Waals surface area contributed by atoms with Gasteiger partial charge in [0.25, 0.3) is 0 Å². The summed E-state index contributed by atoms with van der Waals surface area (Å²) in [7, 11) is 2.89. The zero-order chi connectivity index (χ0) is 13.0. The summed E-state index contributed by atoms with van der Waals surface area (Å²) in [5.74, 6) is 0.0659. The van der Waals surface area contributed by atoms with Gasteiger partial charge in [0, 0.05) is 11.8 Å². The molecule has 0 aliphatic rings. The van der Waals surface area contributed by atoms with Gasteiger partial charge in [-0.1, -0.05) is 30.3 Å². The minimum atomic E-state index is -0.415. The number of hydrogen-bond donors (Lipinski definition) is 0. The number of ether oxygens (including phenoxy) is 2. The number of benzene rings is 1. The second-order valence-corrected chi connectivity index (χ2v) is 3.64. The molecule has 18 heavy (non-hydrogen) atoms. The van der Waals surface area contributed by atoms with Crippen LogP contribution in [0.2, 0.25) is 0 Å². The molecule has 2 aromatic rings. The van der Waals surface area contributed by atoms with Crippen LogP contribution in [-0.4, -0.2) is 25.2 Å². The van der Waals surface area contributed by atoms with Gasteiger partial charge in [0.1, 0.15) is 0 Å². The highest BCUT2D eigenvalue weighted by atomic mass is 16.5. The molecule has 0 bridgehead atoms. The van der Waals surface area contributed by atoms with E-state index in [1.54, 1.807) is 13.2 Å². The van der Waals surface area contributed by atoms with Crippen molar-refractivity contribution in [1.82, 2.24) is 4.98 Å². The van der Waals surface area contributed by atoms with E-state index in [9.17, 15) is 4.79 Å². The Bertz CT molecular complexity index is 552. The molecule has 0 atom stereocenters. The molecule has 1 aromatic carbocycles. The Morgan fingerprint density at radius 1 is 1.17 bits per heavy atom. The lowest BCUT2D eigenvalue weighted by molar-refractivity contribution is 0.0600. The molecule has 0 spiro atoms. The highest BCUT2D eigenvalue weighted by molar-refractivity contribution is 5.91. The summed E-state index contributed by atoms with van der Waals surface area (Å²) >= 11 is 0. The van der Waals surface area contributed by atoms with E-state index in [-0.39, 0.29) is 0 Å². The van der Waals surface area contributed by atoms with Crippen molar-refractivity contribution >= 4 is 5.97 Å². The van der Waals surface area contributed by atoms with Crippen molar-refractivity contribution in [2.24, 2.45) is 0 Å². The number of rotatable bonds is 3. The standard InChI is InChI=1S/C14H13NO3/c1-17-13-12(10-6-4-3-5-7-10)8-11(9-15-13)14(16)18-2/h3-9H,1-2H3. The lowest BCUT2D eigenvalue weighted by Crippen LogP contribution is -2.03. The Balaban J connectivity index is 2.53.